The third-order valence-electron chi connectivity index (χ3n) is 8.98. The molecule has 9 nitrogen and oxygen atoms in total. The highest BCUT2D eigenvalue weighted by Crippen LogP contribution is 2.43. The molecule has 1 aliphatic heterocycles. The maximum Gasteiger partial charge on any atom is 0.225 e. The van der Waals surface area contributed by atoms with Crippen LogP contribution in [0.3, 0.4) is 0 Å². The van der Waals surface area contributed by atoms with Crippen molar-refractivity contribution < 1.29 is 13.2 Å². The van der Waals surface area contributed by atoms with Crippen LogP contribution in [0.25, 0.3) is 16.8 Å². The summed E-state index contributed by atoms with van der Waals surface area (Å²) < 4.78 is 25.7. The summed E-state index contributed by atoms with van der Waals surface area (Å²) in [6.45, 7) is 2.91. The van der Waals surface area contributed by atoms with Crippen molar-refractivity contribution in [2.45, 2.75) is 56.9 Å². The van der Waals surface area contributed by atoms with Gasteiger partial charge in [-0.15, -0.1) is 0 Å². The van der Waals surface area contributed by atoms with Crippen LogP contribution in [0.2, 0.25) is 0 Å². The summed E-state index contributed by atoms with van der Waals surface area (Å²) in [6.07, 6.45) is 6.92. The number of rotatable bonds is 6. The van der Waals surface area contributed by atoms with Gasteiger partial charge in [-0.2, -0.15) is 15.6 Å². The number of anilines is 1. The summed E-state index contributed by atoms with van der Waals surface area (Å²) in [4.78, 5) is 15.6. The van der Waals surface area contributed by atoms with Crippen LogP contribution in [0.5, 0.6) is 0 Å². The second-order valence-electron chi connectivity index (χ2n) is 11.9. The molecule has 2 unspecified atom stereocenters. The van der Waals surface area contributed by atoms with Crippen molar-refractivity contribution >= 4 is 21.4 Å². The first-order valence-corrected chi connectivity index (χ1v) is 16.4. The third kappa shape index (κ3) is 5.52. The zero-order valence-electron chi connectivity index (χ0n) is 23.7. The maximum absolute atomic E-state index is 13.5. The van der Waals surface area contributed by atoms with Crippen LogP contribution >= 0.6 is 0 Å². The molecular formula is C32H34N6O3S. The third-order valence-corrected chi connectivity index (χ3v) is 10.6. The molecule has 216 valence electrons. The number of carbonyl (C=O) groups is 1. The summed E-state index contributed by atoms with van der Waals surface area (Å²) in [5, 5.41) is 27.1. The number of amides is 1. The Labute approximate surface area is 246 Å². The Morgan fingerprint density at radius 3 is 2.40 bits per heavy atom. The van der Waals surface area contributed by atoms with Crippen LogP contribution in [-0.2, 0) is 14.6 Å². The van der Waals surface area contributed by atoms with Crippen LogP contribution in [0, 0.1) is 35.5 Å². The van der Waals surface area contributed by atoms with Crippen LogP contribution in [0.4, 0.5) is 5.69 Å². The highest BCUT2D eigenvalue weighted by molar-refractivity contribution is 7.91. The fourth-order valence-corrected chi connectivity index (χ4v) is 7.50. The molecule has 0 bridgehead atoms. The van der Waals surface area contributed by atoms with E-state index in [1.165, 1.54) is 0 Å². The number of benzene rings is 2. The highest BCUT2D eigenvalue weighted by atomic mass is 32.2. The van der Waals surface area contributed by atoms with E-state index in [-0.39, 0.29) is 29.2 Å². The largest absolute Gasteiger partial charge is 0.369 e. The number of hydrogen-bond acceptors (Lipinski definition) is 7. The van der Waals surface area contributed by atoms with Gasteiger partial charge in [-0.3, -0.25) is 4.79 Å². The number of nitrogens with zero attached hydrogens (tertiary/aromatic N) is 5. The van der Waals surface area contributed by atoms with Gasteiger partial charge in [0, 0.05) is 42.4 Å². The number of carbonyl (C=O) groups excluding carboxylic acids is 1. The highest BCUT2D eigenvalue weighted by Gasteiger charge is 2.47. The average Bonchev–Trinajstić information content (AvgIpc) is 3.64. The van der Waals surface area contributed by atoms with E-state index < -0.39 is 15.4 Å². The number of nitriles is 2. The number of hydrogen-bond donors (Lipinski definition) is 1. The van der Waals surface area contributed by atoms with Crippen molar-refractivity contribution in [2.75, 3.05) is 29.5 Å². The van der Waals surface area contributed by atoms with E-state index in [0.29, 0.717) is 31.5 Å². The fraction of sp³-hybridized carbons (Fsp3) is 0.438. The predicted octanol–water partition coefficient (Wildman–Crippen LogP) is 4.40. The second-order valence-corrected chi connectivity index (χ2v) is 14.2. The first kappa shape index (κ1) is 28.0. The summed E-state index contributed by atoms with van der Waals surface area (Å²) in [5.41, 5.74) is 5.40. The zero-order chi connectivity index (χ0) is 29.5. The Kier molecular flexibility index (Phi) is 7.28. The van der Waals surface area contributed by atoms with Gasteiger partial charge < -0.3 is 10.2 Å². The molecule has 3 aliphatic rings. The van der Waals surface area contributed by atoms with E-state index in [1.807, 2.05) is 54.2 Å². The molecule has 2 aliphatic carbocycles. The van der Waals surface area contributed by atoms with Gasteiger partial charge in [0.2, 0.25) is 5.91 Å². The number of aromatic nitrogens is 2. The molecule has 0 spiro atoms. The van der Waals surface area contributed by atoms with Gasteiger partial charge in [0.05, 0.1) is 40.6 Å². The first-order valence-electron chi connectivity index (χ1n) is 14.6. The lowest BCUT2D eigenvalue weighted by Gasteiger charge is -2.31. The van der Waals surface area contributed by atoms with Gasteiger partial charge >= 0.3 is 0 Å². The Balaban J connectivity index is 1.37. The minimum atomic E-state index is -2.97. The van der Waals surface area contributed by atoms with Crippen molar-refractivity contribution in [1.29, 1.82) is 10.5 Å². The van der Waals surface area contributed by atoms with Crippen LogP contribution in [-0.4, -0.2) is 54.2 Å². The van der Waals surface area contributed by atoms with Crippen molar-refractivity contribution in [2.24, 2.45) is 5.92 Å². The molecule has 10 heteroatoms. The van der Waals surface area contributed by atoms with Gasteiger partial charge in [0.1, 0.15) is 5.54 Å². The zero-order valence-corrected chi connectivity index (χ0v) is 24.5. The van der Waals surface area contributed by atoms with Gasteiger partial charge in [-0.25, -0.2) is 13.1 Å². The second kappa shape index (κ2) is 10.9. The van der Waals surface area contributed by atoms with Crippen LogP contribution < -0.4 is 10.2 Å². The molecule has 2 heterocycles. The molecule has 2 saturated carbocycles. The molecule has 1 amide bonds. The SMILES string of the molecule is Cc1cc(C#N)ccc1-n1cc(-c2ccc(N3CCS(=O)(=O)CC3)cc2)c(C2CCCCC2C(=O)NC2(C#N)CC2)n1. The molecule has 0 radical (unpaired) electrons. The van der Waals surface area contributed by atoms with E-state index in [4.69, 9.17) is 5.10 Å². The summed E-state index contributed by atoms with van der Waals surface area (Å²) in [5.74, 6) is -0.121. The Bertz CT molecular complexity index is 1700. The van der Waals surface area contributed by atoms with Gasteiger partial charge in [-0.05, 0) is 74.1 Å². The smallest absolute Gasteiger partial charge is 0.225 e. The number of nitrogens with one attached hydrogen (secondary N) is 1. The molecular weight excluding hydrogens is 548 g/mol. The lowest BCUT2D eigenvalue weighted by atomic mass is 9.75. The van der Waals surface area contributed by atoms with Crippen molar-refractivity contribution in [1.82, 2.24) is 15.1 Å². The van der Waals surface area contributed by atoms with Crippen molar-refractivity contribution in [3.8, 4) is 29.0 Å². The van der Waals surface area contributed by atoms with E-state index in [2.05, 4.69) is 22.4 Å². The van der Waals surface area contributed by atoms with Gasteiger partial charge in [0.25, 0.3) is 0 Å². The normalized spacial score (nSPS) is 22.5. The summed E-state index contributed by atoms with van der Waals surface area (Å²) >= 11 is 0. The monoisotopic (exact) mass is 582 g/mol. The standard InChI is InChI=1S/C32H34N6O3S/c1-22-18-23(19-33)6-11-29(22)38-20-28(24-7-9-25(10-8-24)37-14-16-42(40,41)17-15-37)30(36-38)26-4-2-3-5-27(26)31(39)35-32(21-34)12-13-32/h6-11,18,20,26-27H,2-5,12-17H2,1H3,(H,35,39). The Morgan fingerprint density at radius 2 is 1.76 bits per heavy atom. The number of aryl methyl sites for hydroxylation is 1. The predicted molar refractivity (Wildman–Crippen MR) is 160 cm³/mol. The molecule has 3 fully saturated rings. The molecule has 3 aromatic rings. The molecule has 1 aromatic heterocycles. The summed E-state index contributed by atoms with van der Waals surface area (Å²) in [7, 11) is -2.97. The molecule has 2 atom stereocenters. The molecule has 2 aromatic carbocycles. The molecule has 42 heavy (non-hydrogen) atoms. The van der Waals surface area contributed by atoms with Crippen molar-refractivity contribution in [3.63, 3.8) is 0 Å². The van der Waals surface area contributed by atoms with E-state index in [0.717, 1.165) is 59.4 Å². The quantitative estimate of drug-likeness (QED) is 0.456. The van der Waals surface area contributed by atoms with Gasteiger partial charge in [-0.1, -0.05) is 25.0 Å². The van der Waals surface area contributed by atoms with Crippen molar-refractivity contribution in [3.05, 3.63) is 65.5 Å². The van der Waals surface area contributed by atoms with E-state index >= 15 is 0 Å². The van der Waals surface area contributed by atoms with E-state index in [1.54, 1.807) is 6.07 Å². The van der Waals surface area contributed by atoms with Crippen LogP contribution in [0.1, 0.15) is 61.3 Å². The fourth-order valence-electron chi connectivity index (χ4n) is 6.30. The Morgan fingerprint density at radius 1 is 1.05 bits per heavy atom. The summed E-state index contributed by atoms with van der Waals surface area (Å²) in [6, 6.07) is 18.1. The van der Waals surface area contributed by atoms with Crippen LogP contribution in [0.15, 0.2) is 48.7 Å². The van der Waals surface area contributed by atoms with Gasteiger partial charge in [0.15, 0.2) is 9.84 Å². The Hall–Kier alpha value is -4.15. The minimum Gasteiger partial charge on any atom is -0.369 e. The lowest BCUT2D eigenvalue weighted by molar-refractivity contribution is -0.127. The molecule has 1 N–H and O–H groups in total. The maximum atomic E-state index is 13.5. The van der Waals surface area contributed by atoms with E-state index in [9.17, 15) is 23.7 Å². The molecule has 6 rings (SSSR count). The lowest BCUT2D eigenvalue weighted by Crippen LogP contribution is -2.42. The molecule has 1 saturated heterocycles. The topological polar surface area (TPSA) is 132 Å². The average molecular weight is 583 g/mol. The minimum absolute atomic E-state index is 0.0656. The first-order chi connectivity index (χ1) is 20.2. The number of sulfone groups is 1.